The second-order valence-electron chi connectivity index (χ2n) is 3.10. The molecule has 1 aromatic heterocycles. The predicted octanol–water partition coefficient (Wildman–Crippen LogP) is 2.65. The Hall–Kier alpha value is -1.28. The van der Waals surface area contributed by atoms with Crippen LogP contribution in [0.4, 0.5) is 17.6 Å². The van der Waals surface area contributed by atoms with Crippen molar-refractivity contribution in [2.24, 2.45) is 0 Å². The Morgan fingerprint density at radius 1 is 1.00 bits per heavy atom. The average Bonchev–Trinajstić information content (AvgIpc) is 2.67. The van der Waals surface area contributed by atoms with Crippen LogP contribution in [-0.2, 0) is 9.05 Å². The fourth-order valence-corrected chi connectivity index (χ4v) is 2.40. The van der Waals surface area contributed by atoms with E-state index in [-0.39, 0.29) is 0 Å². The zero-order chi connectivity index (χ0) is 13.0. The second-order valence-corrected chi connectivity index (χ2v) is 5.63. The minimum Gasteiger partial charge on any atom is -0.357 e. The summed E-state index contributed by atoms with van der Waals surface area (Å²) in [5.41, 5.74) is -0.805. The Morgan fingerprint density at radius 3 is 2.06 bits per heavy atom. The van der Waals surface area contributed by atoms with Crippen molar-refractivity contribution in [1.82, 2.24) is 4.98 Å². The van der Waals surface area contributed by atoms with Crippen LogP contribution in [0.3, 0.4) is 0 Å². The first-order valence-electron chi connectivity index (χ1n) is 4.03. The zero-order valence-electron chi connectivity index (χ0n) is 7.69. The van der Waals surface area contributed by atoms with Crippen molar-refractivity contribution in [3.05, 3.63) is 29.5 Å². The molecule has 0 amide bonds. The first-order chi connectivity index (χ1) is 7.75. The molecule has 0 unspecified atom stereocenters. The first-order valence-corrected chi connectivity index (χ1v) is 6.33. The van der Waals surface area contributed by atoms with Crippen LogP contribution < -0.4 is 0 Å². The van der Waals surface area contributed by atoms with E-state index in [0.717, 1.165) is 0 Å². The molecule has 1 aromatic carbocycles. The molecule has 0 radical (unpaired) electrons. The first kappa shape index (κ1) is 12.2. The summed E-state index contributed by atoms with van der Waals surface area (Å²) in [6, 6.07) is 0. The molecule has 2 rings (SSSR count). The quantitative estimate of drug-likeness (QED) is 0.379. The van der Waals surface area contributed by atoms with Gasteiger partial charge in [0.25, 0.3) is 9.05 Å². The Kier molecular flexibility index (Phi) is 2.58. The normalized spacial score (nSPS) is 12.3. The van der Waals surface area contributed by atoms with Crippen molar-refractivity contribution < 1.29 is 26.0 Å². The van der Waals surface area contributed by atoms with Gasteiger partial charge in [0, 0.05) is 16.9 Å². The third-order valence-electron chi connectivity index (χ3n) is 2.12. The van der Waals surface area contributed by atoms with Crippen molar-refractivity contribution in [2.45, 2.75) is 4.90 Å². The van der Waals surface area contributed by atoms with Crippen LogP contribution in [0, 0.1) is 23.3 Å². The highest BCUT2D eigenvalue weighted by Gasteiger charge is 2.27. The molecule has 0 aliphatic heterocycles. The zero-order valence-corrected chi connectivity index (χ0v) is 9.26. The van der Waals surface area contributed by atoms with Gasteiger partial charge in [-0.25, -0.2) is 26.0 Å². The van der Waals surface area contributed by atoms with E-state index in [1.165, 1.54) is 0 Å². The molecule has 1 heterocycles. The molecule has 0 aliphatic rings. The van der Waals surface area contributed by atoms with Crippen molar-refractivity contribution in [2.75, 3.05) is 0 Å². The molecule has 0 spiro atoms. The maximum atomic E-state index is 13.3. The summed E-state index contributed by atoms with van der Waals surface area (Å²) in [4.78, 5) is 1.13. The average molecular weight is 288 g/mol. The Bertz CT molecular complexity index is 725. The van der Waals surface area contributed by atoms with Gasteiger partial charge in [0.05, 0.1) is 10.9 Å². The summed E-state index contributed by atoms with van der Waals surface area (Å²) in [5.74, 6) is -7.67. The molecule has 92 valence electrons. The third-order valence-corrected chi connectivity index (χ3v) is 3.47. The minimum absolute atomic E-state index is 0.651. The van der Waals surface area contributed by atoms with Crippen molar-refractivity contribution >= 4 is 30.6 Å². The van der Waals surface area contributed by atoms with Crippen molar-refractivity contribution in [1.29, 1.82) is 0 Å². The monoisotopic (exact) mass is 287 g/mol. The van der Waals surface area contributed by atoms with E-state index in [2.05, 4.69) is 0 Å². The summed E-state index contributed by atoms with van der Waals surface area (Å²) in [6.07, 6.45) is 0.651. The van der Waals surface area contributed by atoms with E-state index in [0.29, 0.717) is 6.20 Å². The predicted molar refractivity (Wildman–Crippen MR) is 51.2 cm³/mol. The largest absolute Gasteiger partial charge is 0.357 e. The lowest BCUT2D eigenvalue weighted by atomic mass is 10.2. The van der Waals surface area contributed by atoms with Gasteiger partial charge in [0.2, 0.25) is 0 Å². The Labute approximate surface area is 96.4 Å². The fraction of sp³-hybridized carbons (Fsp3) is 0. The van der Waals surface area contributed by atoms with Crippen LogP contribution in [0.25, 0.3) is 10.9 Å². The maximum absolute atomic E-state index is 13.3. The molecule has 0 fully saturated rings. The Balaban J connectivity index is 3.06. The minimum atomic E-state index is -4.41. The molecule has 0 atom stereocenters. The number of hydrogen-bond acceptors (Lipinski definition) is 2. The topological polar surface area (TPSA) is 49.9 Å². The Morgan fingerprint density at radius 2 is 1.53 bits per heavy atom. The van der Waals surface area contributed by atoms with E-state index in [9.17, 15) is 26.0 Å². The standard InChI is InChI=1S/C8H2ClF4NO2S/c9-17(15,16)2-1-14-8-3(2)4(10)5(11)6(12)7(8)13/h1,14H. The van der Waals surface area contributed by atoms with Crippen LogP contribution in [0.1, 0.15) is 0 Å². The van der Waals surface area contributed by atoms with Gasteiger partial charge < -0.3 is 4.98 Å². The SMILES string of the molecule is O=S(=O)(Cl)c1c[nH]c2c(F)c(F)c(F)c(F)c12. The van der Waals surface area contributed by atoms with Crippen LogP contribution >= 0.6 is 10.7 Å². The highest BCUT2D eigenvalue weighted by Crippen LogP contribution is 2.32. The van der Waals surface area contributed by atoms with Gasteiger partial charge in [-0.2, -0.15) is 0 Å². The molecule has 0 bridgehead atoms. The summed E-state index contributed by atoms with van der Waals surface area (Å²) < 4.78 is 74.3. The summed E-state index contributed by atoms with van der Waals surface area (Å²) in [5, 5.41) is -0.948. The molecule has 0 aliphatic carbocycles. The number of fused-ring (bicyclic) bond motifs is 1. The number of aromatic amines is 1. The van der Waals surface area contributed by atoms with Crippen LogP contribution in [0.15, 0.2) is 11.1 Å². The lowest BCUT2D eigenvalue weighted by Crippen LogP contribution is -1.99. The molecular formula is C8H2ClF4NO2S. The molecule has 1 N–H and O–H groups in total. The number of hydrogen-bond donors (Lipinski definition) is 1. The van der Waals surface area contributed by atoms with Gasteiger partial charge >= 0.3 is 0 Å². The molecular weight excluding hydrogens is 286 g/mol. The van der Waals surface area contributed by atoms with E-state index in [1.54, 1.807) is 0 Å². The molecule has 3 nitrogen and oxygen atoms in total. The van der Waals surface area contributed by atoms with E-state index in [4.69, 9.17) is 10.7 Å². The lowest BCUT2D eigenvalue weighted by Gasteiger charge is -2.01. The van der Waals surface area contributed by atoms with Crippen LogP contribution in [0.5, 0.6) is 0 Å². The number of aromatic nitrogens is 1. The van der Waals surface area contributed by atoms with E-state index < -0.39 is 48.1 Å². The van der Waals surface area contributed by atoms with Gasteiger partial charge in [-0.1, -0.05) is 0 Å². The van der Waals surface area contributed by atoms with Crippen molar-refractivity contribution in [3.8, 4) is 0 Å². The number of H-pyrrole nitrogens is 1. The summed E-state index contributed by atoms with van der Waals surface area (Å²) in [7, 11) is 0.532. The second kappa shape index (κ2) is 3.61. The third kappa shape index (κ3) is 1.67. The smallest absolute Gasteiger partial charge is 0.263 e. The van der Waals surface area contributed by atoms with Crippen LogP contribution in [0.2, 0.25) is 0 Å². The highest BCUT2D eigenvalue weighted by atomic mass is 35.7. The van der Waals surface area contributed by atoms with Gasteiger partial charge in [-0.05, 0) is 0 Å². The fourth-order valence-electron chi connectivity index (χ4n) is 1.40. The summed E-state index contributed by atoms with van der Waals surface area (Å²) in [6.45, 7) is 0. The number of nitrogens with one attached hydrogen (secondary N) is 1. The molecule has 2 aromatic rings. The van der Waals surface area contributed by atoms with Gasteiger partial charge in [-0.15, -0.1) is 0 Å². The summed E-state index contributed by atoms with van der Waals surface area (Å²) >= 11 is 0. The van der Waals surface area contributed by atoms with Crippen molar-refractivity contribution in [3.63, 3.8) is 0 Å². The van der Waals surface area contributed by atoms with Crippen LogP contribution in [-0.4, -0.2) is 13.4 Å². The number of rotatable bonds is 1. The van der Waals surface area contributed by atoms with Gasteiger partial charge in [0.15, 0.2) is 23.3 Å². The number of halogens is 5. The molecule has 9 heteroatoms. The van der Waals surface area contributed by atoms with E-state index >= 15 is 0 Å². The van der Waals surface area contributed by atoms with Gasteiger partial charge in [0.1, 0.15) is 4.90 Å². The van der Waals surface area contributed by atoms with Gasteiger partial charge in [-0.3, -0.25) is 0 Å². The molecule has 0 saturated heterocycles. The highest BCUT2D eigenvalue weighted by molar-refractivity contribution is 8.14. The molecule has 17 heavy (non-hydrogen) atoms. The van der Waals surface area contributed by atoms with E-state index in [1.807, 2.05) is 4.98 Å². The molecule has 0 saturated carbocycles. The number of benzene rings is 1. The maximum Gasteiger partial charge on any atom is 0.263 e. The lowest BCUT2D eigenvalue weighted by molar-refractivity contribution is 0.417.